The predicted molar refractivity (Wildman–Crippen MR) is 117 cm³/mol. The molecule has 156 valence electrons. The van der Waals surface area contributed by atoms with Gasteiger partial charge in [-0.1, -0.05) is 49.0 Å². The summed E-state index contributed by atoms with van der Waals surface area (Å²) in [6, 6.07) is 12.3. The Bertz CT molecular complexity index is 1110. The topological polar surface area (TPSA) is 89.9 Å². The van der Waals surface area contributed by atoms with Gasteiger partial charge in [0.05, 0.1) is 6.54 Å². The molecule has 0 spiro atoms. The molecule has 3 aromatic heterocycles. The first-order valence-electron chi connectivity index (χ1n) is 9.64. The first-order chi connectivity index (χ1) is 14.6. The minimum Gasteiger partial charge on any atom is -0.308 e. The Kier molecular flexibility index (Phi) is 6.60. The maximum Gasteiger partial charge on any atom is 0.254 e. The quantitative estimate of drug-likeness (QED) is 0.287. The van der Waals surface area contributed by atoms with E-state index in [0.29, 0.717) is 17.5 Å². The lowest BCUT2D eigenvalue weighted by molar-refractivity contribution is 0.361. The molecule has 3 heterocycles. The number of thioether (sulfide) groups is 1. The Balaban J connectivity index is 1.59. The molecule has 4 rings (SSSR count). The largest absolute Gasteiger partial charge is 0.308 e. The normalized spacial score (nSPS) is 11.6. The van der Waals surface area contributed by atoms with Crippen LogP contribution in [0.15, 0.2) is 51.7 Å². The molecule has 0 aliphatic carbocycles. The second kappa shape index (κ2) is 9.54. The monoisotopic (exact) mass is 441 g/mol. The summed E-state index contributed by atoms with van der Waals surface area (Å²) in [6.07, 6.45) is 0.814. The van der Waals surface area contributed by atoms with Crippen molar-refractivity contribution in [2.24, 2.45) is 0 Å². The third kappa shape index (κ3) is 4.97. The molecular weight excluding hydrogens is 418 g/mol. The molecule has 30 heavy (non-hydrogen) atoms. The van der Waals surface area contributed by atoms with Crippen molar-refractivity contribution in [3.05, 3.63) is 47.7 Å². The fourth-order valence-corrected chi connectivity index (χ4v) is 4.38. The molecule has 0 saturated heterocycles. The molecule has 0 aliphatic rings. The molecule has 4 aromatic rings. The molecule has 9 nitrogen and oxygen atoms in total. The second-order valence-corrected chi connectivity index (χ2v) is 8.84. The van der Waals surface area contributed by atoms with E-state index in [1.165, 1.54) is 17.3 Å². The lowest BCUT2D eigenvalue weighted by Crippen LogP contribution is -2.19. The minimum absolute atomic E-state index is 0.597. The zero-order valence-electron chi connectivity index (χ0n) is 17.1. The van der Waals surface area contributed by atoms with Crippen molar-refractivity contribution in [2.75, 3.05) is 20.6 Å². The molecule has 0 N–H and O–H groups in total. The van der Waals surface area contributed by atoms with Crippen molar-refractivity contribution in [3.8, 4) is 0 Å². The smallest absolute Gasteiger partial charge is 0.254 e. The molecule has 0 fully saturated rings. The summed E-state index contributed by atoms with van der Waals surface area (Å²) in [5.41, 5.74) is 2.20. The minimum atomic E-state index is 0.597. The number of hydrogen-bond acceptors (Lipinski definition) is 9. The van der Waals surface area contributed by atoms with Gasteiger partial charge >= 0.3 is 0 Å². The van der Waals surface area contributed by atoms with Crippen molar-refractivity contribution in [3.63, 3.8) is 0 Å². The first-order valence-corrected chi connectivity index (χ1v) is 11.4. The highest BCUT2D eigenvalue weighted by atomic mass is 32.2. The third-order valence-corrected chi connectivity index (χ3v) is 6.22. The number of benzene rings is 1. The van der Waals surface area contributed by atoms with Crippen molar-refractivity contribution >= 4 is 29.3 Å². The summed E-state index contributed by atoms with van der Waals surface area (Å²) in [5, 5.41) is 19.2. The Morgan fingerprint density at radius 2 is 1.93 bits per heavy atom. The van der Waals surface area contributed by atoms with Crippen LogP contribution in [-0.2, 0) is 18.7 Å². The zero-order valence-corrected chi connectivity index (χ0v) is 18.8. The summed E-state index contributed by atoms with van der Waals surface area (Å²) >= 11 is 3.08. The molecule has 0 atom stereocenters. The maximum atomic E-state index is 4.69. The summed E-state index contributed by atoms with van der Waals surface area (Å²) in [7, 11) is 4.06. The summed E-state index contributed by atoms with van der Waals surface area (Å²) < 4.78 is 3.59. The van der Waals surface area contributed by atoms with Crippen LogP contribution in [0.25, 0.3) is 5.78 Å². The van der Waals surface area contributed by atoms with Crippen LogP contribution in [0, 0.1) is 0 Å². The van der Waals surface area contributed by atoms with Gasteiger partial charge in [0.2, 0.25) is 10.3 Å². The Morgan fingerprint density at radius 3 is 2.70 bits per heavy atom. The molecule has 0 unspecified atom stereocenters. The van der Waals surface area contributed by atoms with Gasteiger partial charge in [0.1, 0.15) is 5.03 Å². The van der Waals surface area contributed by atoms with Crippen molar-refractivity contribution in [1.29, 1.82) is 0 Å². The summed E-state index contributed by atoms with van der Waals surface area (Å²) in [5.74, 6) is 1.41. The number of aromatic nitrogens is 8. The van der Waals surface area contributed by atoms with Crippen molar-refractivity contribution in [2.45, 2.75) is 41.0 Å². The number of likely N-dealkylation sites (N-methyl/N-ethyl adjacent to an activating group) is 1. The Labute approximate surface area is 183 Å². The van der Waals surface area contributed by atoms with Gasteiger partial charge in [-0.3, -0.25) is 0 Å². The maximum absolute atomic E-state index is 4.69. The van der Waals surface area contributed by atoms with Gasteiger partial charge in [-0.25, -0.2) is 9.67 Å². The van der Waals surface area contributed by atoms with Crippen LogP contribution in [0.4, 0.5) is 0 Å². The molecule has 0 radical (unpaired) electrons. The number of aryl methyl sites for hydroxylation is 1. The fraction of sp³-hybridized carbons (Fsp3) is 0.368. The average Bonchev–Trinajstić information content (AvgIpc) is 3.37. The molecule has 11 heteroatoms. The van der Waals surface area contributed by atoms with Gasteiger partial charge in [0.25, 0.3) is 5.78 Å². The average molecular weight is 442 g/mol. The number of tetrazole rings is 1. The van der Waals surface area contributed by atoms with E-state index >= 15 is 0 Å². The van der Waals surface area contributed by atoms with Crippen LogP contribution in [0.2, 0.25) is 0 Å². The van der Waals surface area contributed by atoms with E-state index in [1.54, 1.807) is 16.3 Å². The second-order valence-electron chi connectivity index (χ2n) is 6.91. The van der Waals surface area contributed by atoms with Gasteiger partial charge in [0, 0.05) is 18.0 Å². The molecule has 0 bridgehead atoms. The summed E-state index contributed by atoms with van der Waals surface area (Å²) in [6.45, 7) is 3.65. The number of rotatable bonds is 9. The number of hydrogen-bond donors (Lipinski definition) is 0. The van der Waals surface area contributed by atoms with E-state index in [9.17, 15) is 0 Å². The lowest BCUT2D eigenvalue weighted by atomic mass is 10.2. The van der Waals surface area contributed by atoms with Crippen LogP contribution in [-0.4, -0.2) is 65.3 Å². The van der Waals surface area contributed by atoms with Crippen molar-refractivity contribution in [1.82, 2.24) is 44.7 Å². The van der Waals surface area contributed by atoms with E-state index in [2.05, 4.69) is 54.5 Å². The van der Waals surface area contributed by atoms with Crippen LogP contribution in [0.1, 0.15) is 18.2 Å². The SMILES string of the molecule is CCc1cc(Sc2nnnn2CCN(C)C)n2nc(SCc3ccccc3)nc2n1. The van der Waals surface area contributed by atoms with E-state index < -0.39 is 0 Å². The molecular formula is C19H23N9S2. The molecule has 1 aromatic carbocycles. The third-order valence-electron chi connectivity index (χ3n) is 4.34. The molecule has 0 aliphatic heterocycles. The van der Waals surface area contributed by atoms with Gasteiger partial charge in [0.15, 0.2) is 0 Å². The lowest BCUT2D eigenvalue weighted by Gasteiger charge is -2.10. The zero-order chi connectivity index (χ0) is 20.9. The van der Waals surface area contributed by atoms with Crippen LogP contribution < -0.4 is 0 Å². The summed E-state index contributed by atoms with van der Waals surface area (Å²) in [4.78, 5) is 11.4. The predicted octanol–water partition coefficient (Wildman–Crippen LogP) is 2.68. The highest BCUT2D eigenvalue weighted by Gasteiger charge is 2.16. The Hall–Kier alpha value is -2.50. The van der Waals surface area contributed by atoms with Crippen LogP contribution >= 0.6 is 23.5 Å². The standard InChI is InChI=1S/C19H23N9S2/c1-4-15-12-16(30-19-22-24-25-27(19)11-10-26(2)3)28-17(20-15)21-18(23-28)29-13-14-8-6-5-7-9-14/h5-9,12H,4,10-11,13H2,1-3H3. The Morgan fingerprint density at radius 1 is 1.10 bits per heavy atom. The number of nitrogens with zero attached hydrogens (tertiary/aromatic N) is 9. The highest BCUT2D eigenvalue weighted by Crippen LogP contribution is 2.28. The van der Waals surface area contributed by atoms with Gasteiger partial charge < -0.3 is 4.90 Å². The van der Waals surface area contributed by atoms with E-state index in [0.717, 1.165) is 34.6 Å². The van der Waals surface area contributed by atoms with E-state index in [1.807, 2.05) is 43.0 Å². The van der Waals surface area contributed by atoms with Gasteiger partial charge in [-0.05, 0) is 54.3 Å². The van der Waals surface area contributed by atoms with Gasteiger partial charge in [-0.2, -0.15) is 9.50 Å². The number of fused-ring (bicyclic) bond motifs is 1. The van der Waals surface area contributed by atoms with Crippen LogP contribution in [0.5, 0.6) is 0 Å². The highest BCUT2D eigenvalue weighted by molar-refractivity contribution is 7.99. The van der Waals surface area contributed by atoms with Gasteiger partial charge in [-0.15, -0.1) is 10.2 Å². The van der Waals surface area contributed by atoms with E-state index in [-0.39, 0.29) is 0 Å². The molecule has 0 saturated carbocycles. The van der Waals surface area contributed by atoms with E-state index in [4.69, 9.17) is 0 Å². The van der Waals surface area contributed by atoms with Crippen LogP contribution in [0.3, 0.4) is 0 Å². The van der Waals surface area contributed by atoms with Crippen molar-refractivity contribution < 1.29 is 0 Å². The fourth-order valence-electron chi connectivity index (χ4n) is 2.71. The molecule has 0 amide bonds. The first kappa shape index (κ1) is 20.8.